The van der Waals surface area contributed by atoms with Crippen LogP contribution >= 0.6 is 11.6 Å². The fourth-order valence-electron chi connectivity index (χ4n) is 2.40. The van der Waals surface area contributed by atoms with Gasteiger partial charge in [0.2, 0.25) is 5.28 Å². The van der Waals surface area contributed by atoms with E-state index in [0.717, 1.165) is 0 Å². The number of nitrogens with two attached hydrogens (primary N) is 1. The zero-order chi connectivity index (χ0) is 14.4. The summed E-state index contributed by atoms with van der Waals surface area (Å²) in [5, 5.41) is 31.8. The van der Waals surface area contributed by atoms with E-state index in [1.807, 2.05) is 0 Å². The van der Waals surface area contributed by atoms with Gasteiger partial charge in [-0.05, 0) is 11.6 Å². The molecule has 3 rings (SSSR count). The van der Waals surface area contributed by atoms with Crippen LogP contribution in [0.4, 0.5) is 17.3 Å². The predicted octanol–water partition coefficient (Wildman–Crippen LogP) is -1.66. The van der Waals surface area contributed by atoms with Gasteiger partial charge in [0.1, 0.15) is 24.0 Å². The van der Waals surface area contributed by atoms with Crippen molar-refractivity contribution < 1.29 is 20.1 Å². The maximum atomic E-state index is 10.0. The first-order chi connectivity index (χ1) is 9.52. The van der Waals surface area contributed by atoms with Crippen molar-refractivity contribution in [1.82, 2.24) is 9.97 Å². The predicted molar refractivity (Wildman–Crippen MR) is 70.2 cm³/mol. The van der Waals surface area contributed by atoms with Gasteiger partial charge in [-0.15, -0.1) is 0 Å². The molecule has 10 heteroatoms. The molecule has 4 atom stereocenters. The zero-order valence-electron chi connectivity index (χ0n) is 10.3. The Morgan fingerprint density at radius 3 is 2.80 bits per heavy atom. The standard InChI is InChI=1S/C10H14ClN5O4/c11-10-14-7(12)4-8(15-10)16(2-13-4)9-6(19)5(18)3(1-17)20-9/h3,5-6,9,13,17-19H,1-2H2,(H2,12,14,15)/t3-,5-,6-,9-/m1/s1. The van der Waals surface area contributed by atoms with E-state index in [0.29, 0.717) is 11.5 Å². The number of aliphatic hydroxyl groups is 3. The third-order valence-corrected chi connectivity index (χ3v) is 3.58. The fourth-order valence-corrected chi connectivity index (χ4v) is 2.57. The van der Waals surface area contributed by atoms with Crippen molar-refractivity contribution in [2.45, 2.75) is 24.5 Å². The van der Waals surface area contributed by atoms with Crippen LogP contribution in [0, 0.1) is 0 Å². The first-order valence-electron chi connectivity index (χ1n) is 5.99. The van der Waals surface area contributed by atoms with Gasteiger partial charge in [0.25, 0.3) is 0 Å². The highest BCUT2D eigenvalue weighted by Crippen LogP contribution is 2.38. The molecule has 0 amide bonds. The van der Waals surface area contributed by atoms with E-state index in [1.165, 1.54) is 0 Å². The minimum absolute atomic E-state index is 0.0262. The summed E-state index contributed by atoms with van der Waals surface area (Å²) in [6.45, 7) is -0.128. The summed E-state index contributed by atoms with van der Waals surface area (Å²) in [5.74, 6) is 0.576. The van der Waals surface area contributed by atoms with E-state index >= 15 is 0 Å². The Hall–Kier alpha value is -1.39. The Morgan fingerprint density at radius 1 is 1.40 bits per heavy atom. The van der Waals surface area contributed by atoms with Crippen molar-refractivity contribution in [3.63, 3.8) is 0 Å². The SMILES string of the molecule is Nc1nc(Cl)nc2c1NCN2[C@@H]1O[C@H](CO)[C@@H](O)[C@H]1O. The van der Waals surface area contributed by atoms with Crippen LogP contribution in [0.5, 0.6) is 0 Å². The number of ether oxygens (including phenoxy) is 1. The molecule has 1 fully saturated rings. The summed E-state index contributed by atoms with van der Waals surface area (Å²) in [6, 6.07) is 0. The normalized spacial score (nSPS) is 32.3. The summed E-state index contributed by atoms with van der Waals surface area (Å²) >= 11 is 5.77. The Bertz CT molecular complexity index is 533. The molecule has 0 aromatic carbocycles. The lowest BCUT2D eigenvalue weighted by Gasteiger charge is -2.26. The third-order valence-electron chi connectivity index (χ3n) is 3.41. The molecule has 0 spiro atoms. The number of fused-ring (bicyclic) bond motifs is 1. The first kappa shape index (κ1) is 13.6. The molecule has 0 unspecified atom stereocenters. The van der Waals surface area contributed by atoms with E-state index < -0.39 is 31.1 Å². The largest absolute Gasteiger partial charge is 0.394 e. The number of nitrogens with zero attached hydrogens (tertiary/aromatic N) is 3. The number of aromatic nitrogens is 2. The van der Waals surface area contributed by atoms with Crippen molar-refractivity contribution in [2.75, 3.05) is 29.2 Å². The van der Waals surface area contributed by atoms with Gasteiger partial charge < -0.3 is 36.0 Å². The van der Waals surface area contributed by atoms with E-state index in [1.54, 1.807) is 4.90 Å². The monoisotopic (exact) mass is 303 g/mol. The Kier molecular flexibility index (Phi) is 3.30. The van der Waals surface area contributed by atoms with Gasteiger partial charge in [0, 0.05) is 0 Å². The molecule has 2 aliphatic rings. The molecule has 110 valence electrons. The average molecular weight is 304 g/mol. The molecule has 2 aliphatic heterocycles. The van der Waals surface area contributed by atoms with Crippen LogP contribution in [0.25, 0.3) is 0 Å². The Morgan fingerprint density at radius 2 is 2.15 bits per heavy atom. The van der Waals surface area contributed by atoms with E-state index in [9.17, 15) is 10.2 Å². The molecular formula is C10H14ClN5O4. The van der Waals surface area contributed by atoms with Crippen LogP contribution in [-0.4, -0.2) is 63.1 Å². The van der Waals surface area contributed by atoms with Crippen molar-refractivity contribution in [2.24, 2.45) is 0 Å². The number of anilines is 3. The summed E-state index contributed by atoms with van der Waals surface area (Å²) in [4.78, 5) is 9.45. The quantitative estimate of drug-likeness (QED) is 0.406. The lowest BCUT2D eigenvalue weighted by atomic mass is 10.1. The molecule has 6 N–H and O–H groups in total. The second kappa shape index (κ2) is 4.86. The van der Waals surface area contributed by atoms with Gasteiger partial charge >= 0.3 is 0 Å². The van der Waals surface area contributed by atoms with Crippen LogP contribution < -0.4 is 16.0 Å². The molecule has 0 aliphatic carbocycles. The smallest absolute Gasteiger partial charge is 0.226 e. The molecule has 1 aromatic rings. The van der Waals surface area contributed by atoms with Crippen molar-refractivity contribution in [3.05, 3.63) is 5.28 Å². The van der Waals surface area contributed by atoms with Crippen LogP contribution in [0.1, 0.15) is 0 Å². The summed E-state index contributed by atoms with van der Waals surface area (Å²) in [6.07, 6.45) is -4.08. The maximum absolute atomic E-state index is 10.0. The molecule has 1 saturated heterocycles. The number of hydrogen-bond acceptors (Lipinski definition) is 9. The lowest BCUT2D eigenvalue weighted by Crippen LogP contribution is -2.44. The summed E-state index contributed by atoms with van der Waals surface area (Å²) in [7, 11) is 0. The second-order valence-corrected chi connectivity index (χ2v) is 4.95. The van der Waals surface area contributed by atoms with Gasteiger partial charge in [-0.3, -0.25) is 0 Å². The zero-order valence-corrected chi connectivity index (χ0v) is 11.0. The van der Waals surface area contributed by atoms with Crippen LogP contribution in [0.3, 0.4) is 0 Å². The van der Waals surface area contributed by atoms with Gasteiger partial charge in [-0.2, -0.15) is 9.97 Å². The maximum Gasteiger partial charge on any atom is 0.226 e. The van der Waals surface area contributed by atoms with Gasteiger partial charge in [0.15, 0.2) is 17.9 Å². The van der Waals surface area contributed by atoms with Crippen LogP contribution in [-0.2, 0) is 4.74 Å². The third kappa shape index (κ3) is 1.95. The number of rotatable bonds is 2. The Labute approximate surface area is 118 Å². The van der Waals surface area contributed by atoms with E-state index in [2.05, 4.69) is 15.3 Å². The first-order valence-corrected chi connectivity index (χ1v) is 6.36. The summed E-state index contributed by atoms with van der Waals surface area (Å²) in [5.41, 5.74) is 6.22. The van der Waals surface area contributed by atoms with Crippen LogP contribution in [0.2, 0.25) is 5.28 Å². The lowest BCUT2D eigenvalue weighted by molar-refractivity contribution is -0.0219. The number of aliphatic hydroxyl groups excluding tert-OH is 3. The number of nitrogen functional groups attached to an aromatic ring is 1. The summed E-state index contributed by atoms with van der Waals surface area (Å²) < 4.78 is 5.45. The highest BCUT2D eigenvalue weighted by Gasteiger charge is 2.47. The van der Waals surface area contributed by atoms with E-state index in [4.69, 9.17) is 27.2 Å². The number of hydrogen-bond donors (Lipinski definition) is 5. The minimum atomic E-state index is -1.19. The molecule has 9 nitrogen and oxygen atoms in total. The highest BCUT2D eigenvalue weighted by atomic mass is 35.5. The van der Waals surface area contributed by atoms with Crippen molar-refractivity contribution in [1.29, 1.82) is 0 Å². The number of halogens is 1. The van der Waals surface area contributed by atoms with Crippen molar-refractivity contribution >= 4 is 28.9 Å². The van der Waals surface area contributed by atoms with Gasteiger partial charge in [0.05, 0.1) is 13.3 Å². The molecule has 0 radical (unpaired) electrons. The van der Waals surface area contributed by atoms with Crippen LogP contribution in [0.15, 0.2) is 0 Å². The fraction of sp³-hybridized carbons (Fsp3) is 0.600. The average Bonchev–Trinajstić information content (AvgIpc) is 2.93. The van der Waals surface area contributed by atoms with E-state index in [-0.39, 0.29) is 17.8 Å². The minimum Gasteiger partial charge on any atom is -0.394 e. The highest BCUT2D eigenvalue weighted by molar-refractivity contribution is 6.28. The Balaban J connectivity index is 1.92. The molecule has 3 heterocycles. The topological polar surface area (TPSA) is 137 Å². The number of nitrogens with one attached hydrogen (secondary N) is 1. The van der Waals surface area contributed by atoms with Crippen molar-refractivity contribution in [3.8, 4) is 0 Å². The molecule has 0 bridgehead atoms. The second-order valence-electron chi connectivity index (χ2n) is 4.61. The molecule has 1 aromatic heterocycles. The van der Waals surface area contributed by atoms with Gasteiger partial charge in [-0.1, -0.05) is 0 Å². The molecule has 0 saturated carbocycles. The molecule has 20 heavy (non-hydrogen) atoms. The molecular weight excluding hydrogens is 290 g/mol. The van der Waals surface area contributed by atoms with Gasteiger partial charge in [-0.25, -0.2) is 0 Å².